The number of hydrogen-bond acceptors (Lipinski definition) is 2. The summed E-state index contributed by atoms with van der Waals surface area (Å²) in [5, 5.41) is 0. The van der Waals surface area contributed by atoms with E-state index in [0.29, 0.717) is 6.54 Å². The molecule has 2 rings (SSSR count). The van der Waals surface area contributed by atoms with Crippen LogP contribution in [0.15, 0.2) is 48.5 Å². The zero-order chi connectivity index (χ0) is 15.4. The van der Waals surface area contributed by atoms with E-state index in [9.17, 15) is 4.79 Å². The van der Waals surface area contributed by atoms with Crippen molar-refractivity contribution < 1.29 is 4.79 Å². The van der Waals surface area contributed by atoms with Gasteiger partial charge in [-0.15, -0.1) is 0 Å². The van der Waals surface area contributed by atoms with Gasteiger partial charge in [0, 0.05) is 13.6 Å². The molecule has 0 saturated heterocycles. The second kappa shape index (κ2) is 6.55. The number of amides is 1. The lowest BCUT2D eigenvalue weighted by atomic mass is 10.0. The van der Waals surface area contributed by atoms with Crippen LogP contribution in [-0.4, -0.2) is 17.9 Å². The van der Waals surface area contributed by atoms with Gasteiger partial charge >= 0.3 is 0 Å². The number of carbonyl (C=O) groups is 1. The van der Waals surface area contributed by atoms with E-state index >= 15 is 0 Å². The maximum atomic E-state index is 12.4. The van der Waals surface area contributed by atoms with Crippen molar-refractivity contribution in [2.24, 2.45) is 5.73 Å². The molecule has 3 nitrogen and oxygen atoms in total. The Balaban J connectivity index is 2.08. The van der Waals surface area contributed by atoms with Gasteiger partial charge in [0.15, 0.2) is 0 Å². The zero-order valence-corrected chi connectivity index (χ0v) is 12.8. The number of nitrogens with two attached hydrogens (primary N) is 1. The summed E-state index contributed by atoms with van der Waals surface area (Å²) in [7, 11) is 1.79. The highest BCUT2D eigenvalue weighted by atomic mass is 16.2. The number of nitrogens with zero attached hydrogens (tertiary/aromatic N) is 1. The van der Waals surface area contributed by atoms with Crippen LogP contribution in [0, 0.1) is 13.8 Å². The summed E-state index contributed by atoms with van der Waals surface area (Å²) in [5.41, 5.74) is 10.4. The molecule has 1 amide bonds. The SMILES string of the molecule is Cc1ccc(C(N)C(=O)N(C)Cc2ccccc2C)cc1. The summed E-state index contributed by atoms with van der Waals surface area (Å²) in [6.45, 7) is 4.64. The van der Waals surface area contributed by atoms with E-state index < -0.39 is 6.04 Å². The molecule has 1 atom stereocenters. The molecule has 2 aromatic carbocycles. The van der Waals surface area contributed by atoms with Crippen molar-refractivity contribution in [3.63, 3.8) is 0 Å². The molecule has 2 N–H and O–H groups in total. The topological polar surface area (TPSA) is 46.3 Å². The molecule has 0 fully saturated rings. The largest absolute Gasteiger partial charge is 0.340 e. The normalized spacial score (nSPS) is 12.0. The van der Waals surface area contributed by atoms with E-state index in [2.05, 4.69) is 0 Å². The zero-order valence-electron chi connectivity index (χ0n) is 12.8. The standard InChI is InChI=1S/C18H22N2O/c1-13-8-10-15(11-9-13)17(19)18(21)20(3)12-16-7-5-4-6-14(16)2/h4-11,17H,12,19H2,1-3H3. The minimum atomic E-state index is -0.611. The molecule has 0 aliphatic rings. The van der Waals surface area contributed by atoms with Crippen molar-refractivity contribution in [2.45, 2.75) is 26.4 Å². The molecule has 110 valence electrons. The smallest absolute Gasteiger partial charge is 0.244 e. The Morgan fingerprint density at radius 1 is 1.10 bits per heavy atom. The summed E-state index contributed by atoms with van der Waals surface area (Å²) in [6.07, 6.45) is 0. The van der Waals surface area contributed by atoms with Gasteiger partial charge in [-0.1, -0.05) is 54.1 Å². The lowest BCUT2D eigenvalue weighted by Gasteiger charge is -2.22. The monoisotopic (exact) mass is 282 g/mol. The van der Waals surface area contributed by atoms with Crippen LogP contribution in [0.4, 0.5) is 0 Å². The molecule has 0 aliphatic heterocycles. The van der Waals surface area contributed by atoms with Gasteiger partial charge in [-0.2, -0.15) is 0 Å². The van der Waals surface area contributed by atoms with Crippen molar-refractivity contribution in [3.05, 3.63) is 70.8 Å². The molecule has 21 heavy (non-hydrogen) atoms. The molecule has 2 aromatic rings. The number of carbonyl (C=O) groups excluding carboxylic acids is 1. The van der Waals surface area contributed by atoms with Crippen LogP contribution < -0.4 is 5.73 Å². The van der Waals surface area contributed by atoms with Crippen LogP contribution in [0.2, 0.25) is 0 Å². The summed E-state index contributed by atoms with van der Waals surface area (Å²) in [6, 6.07) is 15.2. The molecule has 0 heterocycles. The summed E-state index contributed by atoms with van der Waals surface area (Å²) in [5.74, 6) is -0.0675. The molecule has 0 saturated carbocycles. The highest BCUT2D eigenvalue weighted by Gasteiger charge is 2.20. The first-order valence-electron chi connectivity index (χ1n) is 7.10. The van der Waals surface area contributed by atoms with E-state index in [-0.39, 0.29) is 5.91 Å². The maximum absolute atomic E-state index is 12.4. The number of aryl methyl sites for hydroxylation is 2. The van der Waals surface area contributed by atoms with Gasteiger partial charge in [0.25, 0.3) is 0 Å². The Morgan fingerprint density at radius 2 is 1.71 bits per heavy atom. The van der Waals surface area contributed by atoms with Gasteiger partial charge in [-0.05, 0) is 30.5 Å². The second-order valence-electron chi connectivity index (χ2n) is 5.51. The highest BCUT2D eigenvalue weighted by Crippen LogP contribution is 2.16. The Morgan fingerprint density at radius 3 is 2.33 bits per heavy atom. The number of benzene rings is 2. The quantitative estimate of drug-likeness (QED) is 0.937. The van der Waals surface area contributed by atoms with E-state index in [0.717, 1.165) is 16.7 Å². The fourth-order valence-electron chi connectivity index (χ4n) is 2.27. The van der Waals surface area contributed by atoms with Gasteiger partial charge in [0.05, 0.1) is 0 Å². The van der Waals surface area contributed by atoms with Crippen LogP contribution in [0.3, 0.4) is 0 Å². The van der Waals surface area contributed by atoms with Crippen LogP contribution in [0.5, 0.6) is 0 Å². The first kappa shape index (κ1) is 15.3. The van der Waals surface area contributed by atoms with Crippen molar-refractivity contribution >= 4 is 5.91 Å². The van der Waals surface area contributed by atoms with Gasteiger partial charge in [-0.25, -0.2) is 0 Å². The van der Waals surface area contributed by atoms with Crippen LogP contribution in [-0.2, 0) is 11.3 Å². The predicted octanol–water partition coefficient (Wildman–Crippen LogP) is 2.96. The molecule has 0 radical (unpaired) electrons. The Kier molecular flexibility index (Phi) is 4.76. The minimum absolute atomic E-state index is 0.0675. The average molecular weight is 282 g/mol. The third kappa shape index (κ3) is 3.70. The molecule has 0 spiro atoms. The van der Waals surface area contributed by atoms with Crippen molar-refractivity contribution in [3.8, 4) is 0 Å². The molecule has 0 aliphatic carbocycles. The lowest BCUT2D eigenvalue weighted by molar-refractivity contribution is -0.131. The number of likely N-dealkylation sites (N-methyl/N-ethyl adjacent to an activating group) is 1. The van der Waals surface area contributed by atoms with Crippen molar-refractivity contribution in [1.29, 1.82) is 0 Å². The fraction of sp³-hybridized carbons (Fsp3) is 0.278. The van der Waals surface area contributed by atoms with E-state index in [4.69, 9.17) is 5.73 Å². The fourth-order valence-corrected chi connectivity index (χ4v) is 2.27. The van der Waals surface area contributed by atoms with Gasteiger partial charge in [0.2, 0.25) is 5.91 Å². The predicted molar refractivity (Wildman–Crippen MR) is 85.8 cm³/mol. The molecule has 0 aromatic heterocycles. The molecular formula is C18H22N2O. The van der Waals surface area contributed by atoms with Crippen molar-refractivity contribution in [1.82, 2.24) is 4.90 Å². The van der Waals surface area contributed by atoms with Crippen molar-refractivity contribution in [2.75, 3.05) is 7.05 Å². The Labute approximate surface area is 126 Å². The summed E-state index contributed by atoms with van der Waals surface area (Å²) in [4.78, 5) is 14.1. The summed E-state index contributed by atoms with van der Waals surface area (Å²) < 4.78 is 0. The minimum Gasteiger partial charge on any atom is -0.340 e. The molecule has 0 bridgehead atoms. The number of hydrogen-bond donors (Lipinski definition) is 1. The van der Waals surface area contributed by atoms with Crippen LogP contribution in [0.1, 0.15) is 28.3 Å². The van der Waals surface area contributed by atoms with Gasteiger partial charge in [0.1, 0.15) is 6.04 Å². The highest BCUT2D eigenvalue weighted by molar-refractivity contribution is 5.82. The first-order chi connectivity index (χ1) is 9.99. The van der Waals surface area contributed by atoms with E-state index in [1.807, 2.05) is 62.4 Å². The Bertz CT molecular complexity index is 619. The van der Waals surface area contributed by atoms with Gasteiger partial charge < -0.3 is 10.6 Å². The Hall–Kier alpha value is -2.13. The van der Waals surface area contributed by atoms with E-state index in [1.54, 1.807) is 11.9 Å². The summed E-state index contributed by atoms with van der Waals surface area (Å²) >= 11 is 0. The van der Waals surface area contributed by atoms with Crippen LogP contribution in [0.25, 0.3) is 0 Å². The first-order valence-corrected chi connectivity index (χ1v) is 7.10. The lowest BCUT2D eigenvalue weighted by Crippen LogP contribution is -2.35. The number of rotatable bonds is 4. The third-order valence-electron chi connectivity index (χ3n) is 3.75. The molecule has 1 unspecified atom stereocenters. The second-order valence-corrected chi connectivity index (χ2v) is 5.51. The van der Waals surface area contributed by atoms with Gasteiger partial charge in [-0.3, -0.25) is 4.79 Å². The van der Waals surface area contributed by atoms with Crippen LogP contribution >= 0.6 is 0 Å². The average Bonchev–Trinajstić information content (AvgIpc) is 2.49. The third-order valence-corrected chi connectivity index (χ3v) is 3.75. The maximum Gasteiger partial charge on any atom is 0.244 e. The molecular weight excluding hydrogens is 260 g/mol. The van der Waals surface area contributed by atoms with E-state index in [1.165, 1.54) is 5.56 Å². The molecule has 3 heteroatoms.